The van der Waals surface area contributed by atoms with Crippen LogP contribution >= 0.6 is 0 Å². The van der Waals surface area contributed by atoms with Crippen molar-refractivity contribution >= 4 is 29.4 Å². The summed E-state index contributed by atoms with van der Waals surface area (Å²) in [7, 11) is 1.70. The fourth-order valence-electron chi connectivity index (χ4n) is 8.42. The van der Waals surface area contributed by atoms with E-state index in [-0.39, 0.29) is 24.8 Å². The van der Waals surface area contributed by atoms with Crippen LogP contribution in [0, 0.1) is 25.7 Å². The molecule has 0 aliphatic carbocycles. The molecule has 8 atom stereocenters. The number of likely N-dealkylation sites (N-methyl/N-ethyl adjacent to an activating group) is 1. The summed E-state index contributed by atoms with van der Waals surface area (Å²) < 4.78 is 13.3. The zero-order valence-corrected chi connectivity index (χ0v) is 29.9. The third-order valence-electron chi connectivity index (χ3n) is 11.2. The minimum atomic E-state index is -1.57. The van der Waals surface area contributed by atoms with Crippen LogP contribution in [0.25, 0.3) is 0 Å². The summed E-state index contributed by atoms with van der Waals surface area (Å²) in [6, 6.07) is 21.6. The van der Waals surface area contributed by atoms with E-state index in [0.717, 1.165) is 11.1 Å². The Balaban J connectivity index is 1.38. The molecule has 7 rings (SSSR count). The largest absolute Gasteiger partial charge is 0.455 e. The van der Waals surface area contributed by atoms with Crippen molar-refractivity contribution in [1.29, 1.82) is 0 Å². The monoisotopic (exact) mass is 703 g/mol. The van der Waals surface area contributed by atoms with Crippen LogP contribution in [0.2, 0.25) is 0 Å². The molecule has 0 bridgehead atoms. The number of carbonyl (C=O) groups is 4. The van der Waals surface area contributed by atoms with Crippen molar-refractivity contribution in [1.82, 2.24) is 9.80 Å². The first kappa shape index (κ1) is 35.3. The fourth-order valence-corrected chi connectivity index (χ4v) is 8.42. The lowest BCUT2D eigenvalue weighted by Crippen LogP contribution is -2.56. The number of amides is 3. The molecule has 4 heterocycles. The number of likely N-dealkylation sites (tertiary alicyclic amines) is 1. The van der Waals surface area contributed by atoms with E-state index in [0.29, 0.717) is 23.2 Å². The van der Waals surface area contributed by atoms with Crippen LogP contribution in [0.1, 0.15) is 54.2 Å². The van der Waals surface area contributed by atoms with Crippen LogP contribution in [-0.4, -0.2) is 82.6 Å². The maximum absolute atomic E-state index is 15.2. The van der Waals surface area contributed by atoms with Crippen molar-refractivity contribution in [2.24, 2.45) is 11.8 Å². The number of aliphatic hydroxyl groups is 1. The first-order chi connectivity index (χ1) is 25.1. The lowest BCUT2D eigenvalue weighted by atomic mass is 9.77. The van der Waals surface area contributed by atoms with Crippen LogP contribution in [0.4, 0.5) is 5.69 Å². The number of benzene rings is 3. The van der Waals surface area contributed by atoms with Crippen molar-refractivity contribution in [3.8, 4) is 0 Å². The predicted octanol–water partition coefficient (Wildman–Crippen LogP) is 5.00. The average Bonchev–Trinajstić information content (AvgIpc) is 3.54. The second-order valence-electron chi connectivity index (χ2n) is 14.3. The van der Waals surface area contributed by atoms with Crippen molar-refractivity contribution in [2.45, 2.75) is 69.5 Å². The molecule has 10 nitrogen and oxygen atoms in total. The van der Waals surface area contributed by atoms with Crippen LogP contribution in [0.15, 0.2) is 103 Å². The molecular weight excluding hydrogens is 658 g/mol. The molecule has 3 amide bonds. The Kier molecular flexibility index (Phi) is 9.63. The van der Waals surface area contributed by atoms with Gasteiger partial charge in [-0.25, -0.2) is 0 Å². The van der Waals surface area contributed by atoms with Crippen molar-refractivity contribution in [3.63, 3.8) is 0 Å². The lowest BCUT2D eigenvalue weighted by molar-refractivity contribution is -0.164. The highest BCUT2D eigenvalue weighted by molar-refractivity contribution is 6.06. The second-order valence-corrected chi connectivity index (χ2v) is 14.3. The van der Waals surface area contributed by atoms with Gasteiger partial charge in [0, 0.05) is 25.7 Å². The van der Waals surface area contributed by atoms with E-state index >= 15 is 9.59 Å². The number of hydrogen-bond acceptors (Lipinski definition) is 7. The first-order valence-corrected chi connectivity index (χ1v) is 18.0. The molecule has 270 valence electrons. The Labute approximate surface area is 304 Å². The standard InChI is InChI=1S/C42H45N3O7/c1-26-20-21-27(2)31(24-26)44-23-13-22-42-36(39(48)45(38(42)40(44)49)32(25-46)29-14-7-5-8-15-29)35-33(52-42)18-11-12-19-34(47)43(4)28(3)37(51-41(35)50)30-16-9-6-10-17-30/h5-11,13-18,20-22,24,28,32-33,35-38,46H,12,19,23,25H2,1-4H3/b18-11-/t28-,32-,33-,35+,36+,37+,38-,42+/m1/s1. The lowest BCUT2D eigenvalue weighted by Gasteiger charge is -2.39. The number of anilines is 1. The van der Waals surface area contributed by atoms with Crippen LogP contribution in [0.5, 0.6) is 0 Å². The summed E-state index contributed by atoms with van der Waals surface area (Å²) in [6.07, 6.45) is 6.01. The molecule has 0 radical (unpaired) electrons. The molecule has 0 saturated carbocycles. The molecule has 4 aliphatic heterocycles. The highest BCUT2D eigenvalue weighted by Crippen LogP contribution is 2.55. The number of fused-ring (bicyclic) bond motifs is 2. The Morgan fingerprint density at radius 2 is 1.63 bits per heavy atom. The number of carbonyl (C=O) groups excluding carboxylic acids is 4. The quantitative estimate of drug-likeness (QED) is 0.294. The third-order valence-corrected chi connectivity index (χ3v) is 11.2. The molecule has 52 heavy (non-hydrogen) atoms. The maximum atomic E-state index is 15.2. The molecule has 10 heteroatoms. The number of nitrogens with zero attached hydrogens (tertiary/aromatic N) is 3. The normalized spacial score (nSPS) is 30.4. The van der Waals surface area contributed by atoms with Crippen molar-refractivity contribution in [2.75, 3.05) is 25.1 Å². The van der Waals surface area contributed by atoms with Crippen LogP contribution in [-0.2, 0) is 28.7 Å². The van der Waals surface area contributed by atoms with Crippen molar-refractivity contribution < 1.29 is 33.8 Å². The summed E-state index contributed by atoms with van der Waals surface area (Å²) in [5.74, 6) is -3.89. The van der Waals surface area contributed by atoms with Crippen LogP contribution < -0.4 is 4.90 Å². The molecule has 2 saturated heterocycles. The Hall–Kier alpha value is -5.06. The fraction of sp³-hybridized carbons (Fsp3) is 0.381. The minimum Gasteiger partial charge on any atom is -0.455 e. The molecular formula is C42H45N3O7. The number of allylic oxidation sites excluding steroid dienone is 1. The molecule has 2 fully saturated rings. The van der Waals surface area contributed by atoms with Gasteiger partial charge in [0.2, 0.25) is 11.8 Å². The third kappa shape index (κ3) is 5.93. The molecule has 3 aromatic carbocycles. The van der Waals surface area contributed by atoms with Gasteiger partial charge in [0.1, 0.15) is 23.7 Å². The van der Waals surface area contributed by atoms with Gasteiger partial charge in [0.25, 0.3) is 5.91 Å². The second kappa shape index (κ2) is 14.2. The van der Waals surface area contributed by atoms with E-state index in [1.807, 2.05) is 106 Å². The number of aryl methyl sites for hydroxylation is 2. The minimum absolute atomic E-state index is 0.0975. The number of aliphatic hydroxyl groups excluding tert-OH is 1. The first-order valence-electron chi connectivity index (χ1n) is 18.0. The Morgan fingerprint density at radius 1 is 0.923 bits per heavy atom. The van der Waals surface area contributed by atoms with E-state index in [2.05, 4.69) is 0 Å². The maximum Gasteiger partial charge on any atom is 0.313 e. The molecule has 0 aromatic heterocycles. The Bertz CT molecular complexity index is 1910. The SMILES string of the molecule is Cc1ccc(C)c(N2CC=C[C@]34O[C@@H]5/C=C\CCC(=O)N(C)[C@H](C)[C@@H](c6ccccc6)OC(=O)[C@@H]5[C@H]3C(=O)N([C@H](CO)c3ccccc3)[C@@H]4C2=O)c1. The average molecular weight is 704 g/mol. The summed E-state index contributed by atoms with van der Waals surface area (Å²) in [4.78, 5) is 63.0. The number of esters is 1. The molecule has 1 N–H and O–H groups in total. The van der Waals surface area contributed by atoms with Gasteiger partial charge >= 0.3 is 5.97 Å². The number of hydrogen-bond donors (Lipinski definition) is 1. The van der Waals surface area contributed by atoms with Gasteiger partial charge in [-0.05, 0) is 55.5 Å². The topological polar surface area (TPSA) is 117 Å². The number of cyclic esters (lactones) is 1. The van der Waals surface area contributed by atoms with Gasteiger partial charge in [-0.15, -0.1) is 0 Å². The van der Waals surface area contributed by atoms with E-state index < -0.39 is 66.3 Å². The van der Waals surface area contributed by atoms with E-state index in [1.54, 1.807) is 35.1 Å². The Morgan fingerprint density at radius 3 is 2.35 bits per heavy atom. The van der Waals surface area contributed by atoms with E-state index in [4.69, 9.17) is 9.47 Å². The van der Waals surface area contributed by atoms with Gasteiger partial charge in [-0.3, -0.25) is 19.2 Å². The summed E-state index contributed by atoms with van der Waals surface area (Å²) in [6.45, 7) is 5.49. The molecule has 3 aromatic rings. The summed E-state index contributed by atoms with van der Waals surface area (Å²) in [5.41, 5.74) is 2.35. The van der Waals surface area contributed by atoms with E-state index in [1.165, 1.54) is 4.90 Å². The number of rotatable bonds is 5. The molecule has 4 aliphatic rings. The zero-order valence-electron chi connectivity index (χ0n) is 29.9. The highest BCUT2D eigenvalue weighted by Gasteiger charge is 2.73. The van der Waals surface area contributed by atoms with Gasteiger partial charge in [0.15, 0.2) is 0 Å². The van der Waals surface area contributed by atoms with Gasteiger partial charge < -0.3 is 29.3 Å². The van der Waals surface area contributed by atoms with Gasteiger partial charge in [-0.1, -0.05) is 97.1 Å². The molecule has 0 unspecified atom stereocenters. The smallest absolute Gasteiger partial charge is 0.313 e. The van der Waals surface area contributed by atoms with Crippen molar-refractivity contribution in [3.05, 3.63) is 125 Å². The zero-order chi connectivity index (χ0) is 36.7. The summed E-state index contributed by atoms with van der Waals surface area (Å²) >= 11 is 0. The van der Waals surface area contributed by atoms with Gasteiger partial charge in [-0.2, -0.15) is 0 Å². The summed E-state index contributed by atoms with van der Waals surface area (Å²) in [5, 5.41) is 10.9. The molecule has 1 spiro atoms. The van der Waals surface area contributed by atoms with Crippen LogP contribution in [0.3, 0.4) is 0 Å². The van der Waals surface area contributed by atoms with E-state index in [9.17, 15) is 14.7 Å². The predicted molar refractivity (Wildman–Crippen MR) is 195 cm³/mol. The number of ether oxygens (including phenoxy) is 2. The highest BCUT2D eigenvalue weighted by atomic mass is 16.6. The van der Waals surface area contributed by atoms with Gasteiger partial charge in [0.05, 0.1) is 30.7 Å².